The molecule has 16 heavy (non-hydrogen) atoms. The van der Waals surface area contributed by atoms with Gasteiger partial charge in [-0.15, -0.1) is 0 Å². The van der Waals surface area contributed by atoms with Crippen LogP contribution >= 0.6 is 0 Å². The van der Waals surface area contributed by atoms with Crippen molar-refractivity contribution in [2.24, 2.45) is 5.92 Å². The first kappa shape index (κ1) is 10.9. The van der Waals surface area contributed by atoms with Gasteiger partial charge in [0.05, 0.1) is 0 Å². The maximum absolute atomic E-state index is 11.1. The number of carboxylic acids is 1. The second kappa shape index (κ2) is 4.12. The molecule has 2 rings (SSSR count). The fourth-order valence-corrected chi connectivity index (χ4v) is 2.19. The second-order valence-corrected chi connectivity index (χ2v) is 4.55. The van der Waals surface area contributed by atoms with E-state index in [1.807, 2.05) is 19.9 Å². The summed E-state index contributed by atoms with van der Waals surface area (Å²) in [7, 11) is 0. The van der Waals surface area contributed by atoms with E-state index in [9.17, 15) is 4.79 Å². The molecular weight excluding hydrogens is 200 g/mol. The van der Waals surface area contributed by atoms with Gasteiger partial charge in [0.15, 0.2) is 0 Å². The van der Waals surface area contributed by atoms with Crippen LogP contribution in [-0.4, -0.2) is 11.1 Å². The minimum atomic E-state index is -0.790. The number of hydrogen-bond acceptors (Lipinski definition) is 1. The second-order valence-electron chi connectivity index (χ2n) is 4.55. The highest BCUT2D eigenvalue weighted by Gasteiger charge is 2.20. The first-order valence-corrected chi connectivity index (χ1v) is 5.62. The number of carboxylic acid groups (broad SMARTS) is 1. The fourth-order valence-electron chi connectivity index (χ4n) is 2.19. The highest BCUT2D eigenvalue weighted by Crippen LogP contribution is 2.27. The number of fused-ring (bicyclic) bond motifs is 1. The topological polar surface area (TPSA) is 37.3 Å². The van der Waals surface area contributed by atoms with Crippen LogP contribution < -0.4 is 0 Å². The Morgan fingerprint density at radius 3 is 2.88 bits per heavy atom. The Morgan fingerprint density at radius 2 is 2.19 bits per heavy atom. The van der Waals surface area contributed by atoms with E-state index in [1.54, 1.807) is 0 Å². The van der Waals surface area contributed by atoms with Gasteiger partial charge in [-0.05, 0) is 42.9 Å². The van der Waals surface area contributed by atoms with Crippen LogP contribution in [0.15, 0.2) is 23.8 Å². The molecule has 0 radical (unpaired) electrons. The van der Waals surface area contributed by atoms with Crippen LogP contribution in [0.1, 0.15) is 30.0 Å². The molecule has 0 heterocycles. The van der Waals surface area contributed by atoms with Crippen molar-refractivity contribution in [3.05, 3.63) is 40.5 Å². The SMILES string of the molecule is Cc1ccc2c(c1)C=C(C(=O)O)C(C)CC2. The molecule has 1 N–H and O–H groups in total. The molecule has 0 aromatic heterocycles. The molecule has 1 aliphatic rings. The number of aliphatic carboxylic acids is 1. The molecule has 1 unspecified atom stereocenters. The summed E-state index contributed by atoms with van der Waals surface area (Å²) in [5.74, 6) is -0.660. The molecule has 0 bridgehead atoms. The van der Waals surface area contributed by atoms with Gasteiger partial charge in [0, 0.05) is 5.57 Å². The summed E-state index contributed by atoms with van der Waals surface area (Å²) < 4.78 is 0. The van der Waals surface area contributed by atoms with Gasteiger partial charge in [-0.25, -0.2) is 4.79 Å². The summed E-state index contributed by atoms with van der Waals surface area (Å²) in [6, 6.07) is 6.26. The smallest absolute Gasteiger partial charge is 0.331 e. The normalized spacial score (nSPS) is 19.6. The van der Waals surface area contributed by atoms with Crippen molar-refractivity contribution in [1.82, 2.24) is 0 Å². The summed E-state index contributed by atoms with van der Waals surface area (Å²) in [5.41, 5.74) is 4.04. The maximum Gasteiger partial charge on any atom is 0.331 e. The van der Waals surface area contributed by atoms with Crippen molar-refractivity contribution in [1.29, 1.82) is 0 Å². The van der Waals surface area contributed by atoms with Gasteiger partial charge in [0.2, 0.25) is 0 Å². The molecule has 1 atom stereocenters. The van der Waals surface area contributed by atoms with Gasteiger partial charge >= 0.3 is 5.97 Å². The highest BCUT2D eigenvalue weighted by molar-refractivity contribution is 5.93. The summed E-state index contributed by atoms with van der Waals surface area (Å²) in [4.78, 5) is 11.1. The third-order valence-corrected chi connectivity index (χ3v) is 3.24. The molecule has 84 valence electrons. The van der Waals surface area contributed by atoms with Crippen LogP contribution in [0.25, 0.3) is 6.08 Å². The molecule has 0 saturated heterocycles. The first-order chi connectivity index (χ1) is 7.58. The van der Waals surface area contributed by atoms with Crippen LogP contribution in [0.5, 0.6) is 0 Å². The Bertz CT molecular complexity index is 458. The molecule has 0 fully saturated rings. The van der Waals surface area contributed by atoms with E-state index in [0.717, 1.165) is 18.4 Å². The van der Waals surface area contributed by atoms with Crippen molar-refractivity contribution in [2.75, 3.05) is 0 Å². The van der Waals surface area contributed by atoms with Gasteiger partial charge in [-0.2, -0.15) is 0 Å². The maximum atomic E-state index is 11.1. The predicted octanol–water partition coefficient (Wildman–Crippen LogP) is 3.05. The van der Waals surface area contributed by atoms with Crippen LogP contribution in [0.3, 0.4) is 0 Å². The standard InChI is InChI=1S/C14H16O2/c1-9-3-5-11-6-4-10(2)13(14(15)16)8-12(11)7-9/h3,5,7-8,10H,4,6H2,1-2H3,(H,15,16). The van der Waals surface area contributed by atoms with Gasteiger partial charge in [-0.3, -0.25) is 0 Å². The summed E-state index contributed by atoms with van der Waals surface area (Å²) in [5, 5.41) is 9.16. The van der Waals surface area contributed by atoms with Gasteiger partial charge < -0.3 is 5.11 Å². The molecule has 0 amide bonds. The van der Waals surface area contributed by atoms with Gasteiger partial charge in [0.25, 0.3) is 0 Å². The predicted molar refractivity (Wildman–Crippen MR) is 64.3 cm³/mol. The molecule has 1 aromatic carbocycles. The zero-order chi connectivity index (χ0) is 11.7. The fraction of sp³-hybridized carbons (Fsp3) is 0.357. The highest BCUT2D eigenvalue weighted by atomic mass is 16.4. The Morgan fingerprint density at radius 1 is 1.44 bits per heavy atom. The van der Waals surface area contributed by atoms with Gasteiger partial charge in [0.1, 0.15) is 0 Å². The number of aryl methyl sites for hydroxylation is 2. The van der Waals surface area contributed by atoms with E-state index in [-0.39, 0.29) is 5.92 Å². The van der Waals surface area contributed by atoms with Crippen molar-refractivity contribution < 1.29 is 9.90 Å². The Labute approximate surface area is 95.6 Å². The van der Waals surface area contributed by atoms with Crippen LogP contribution in [0.2, 0.25) is 0 Å². The van der Waals surface area contributed by atoms with E-state index in [1.165, 1.54) is 11.1 Å². The minimum absolute atomic E-state index is 0.130. The van der Waals surface area contributed by atoms with E-state index >= 15 is 0 Å². The largest absolute Gasteiger partial charge is 0.478 e. The number of carbonyl (C=O) groups is 1. The molecule has 1 aliphatic carbocycles. The van der Waals surface area contributed by atoms with Gasteiger partial charge in [-0.1, -0.05) is 30.7 Å². The van der Waals surface area contributed by atoms with Crippen molar-refractivity contribution in [2.45, 2.75) is 26.7 Å². The lowest BCUT2D eigenvalue weighted by Gasteiger charge is -2.08. The third kappa shape index (κ3) is 2.01. The van der Waals surface area contributed by atoms with E-state index < -0.39 is 5.97 Å². The Balaban J connectivity index is 2.52. The van der Waals surface area contributed by atoms with E-state index in [2.05, 4.69) is 18.2 Å². The monoisotopic (exact) mass is 216 g/mol. The zero-order valence-electron chi connectivity index (χ0n) is 9.66. The summed E-state index contributed by atoms with van der Waals surface area (Å²) in [6.45, 7) is 4.02. The average Bonchev–Trinajstić information content (AvgIpc) is 2.38. The summed E-state index contributed by atoms with van der Waals surface area (Å²) >= 11 is 0. The summed E-state index contributed by atoms with van der Waals surface area (Å²) in [6.07, 6.45) is 3.71. The molecule has 2 nitrogen and oxygen atoms in total. The Hall–Kier alpha value is -1.57. The van der Waals surface area contributed by atoms with Crippen LogP contribution in [0.4, 0.5) is 0 Å². The number of hydrogen-bond donors (Lipinski definition) is 1. The third-order valence-electron chi connectivity index (χ3n) is 3.24. The molecular formula is C14H16O2. The van der Waals surface area contributed by atoms with Crippen molar-refractivity contribution in [3.63, 3.8) is 0 Å². The minimum Gasteiger partial charge on any atom is -0.478 e. The first-order valence-electron chi connectivity index (χ1n) is 5.62. The van der Waals surface area contributed by atoms with Crippen molar-refractivity contribution in [3.8, 4) is 0 Å². The molecule has 0 saturated carbocycles. The van der Waals surface area contributed by atoms with Crippen LogP contribution in [-0.2, 0) is 11.2 Å². The zero-order valence-corrected chi connectivity index (χ0v) is 9.66. The lowest BCUT2D eigenvalue weighted by Crippen LogP contribution is -2.08. The lowest BCUT2D eigenvalue weighted by atomic mass is 9.97. The molecule has 1 aromatic rings. The van der Waals surface area contributed by atoms with E-state index in [4.69, 9.17) is 5.11 Å². The molecule has 0 aliphatic heterocycles. The Kier molecular flexibility index (Phi) is 2.82. The van der Waals surface area contributed by atoms with E-state index in [0.29, 0.717) is 5.57 Å². The number of benzene rings is 1. The molecule has 2 heteroatoms. The van der Waals surface area contributed by atoms with Crippen molar-refractivity contribution >= 4 is 12.0 Å². The quantitative estimate of drug-likeness (QED) is 0.783. The van der Waals surface area contributed by atoms with Crippen LogP contribution in [0, 0.1) is 12.8 Å². The molecule has 0 spiro atoms. The average molecular weight is 216 g/mol. The number of rotatable bonds is 1. The lowest BCUT2D eigenvalue weighted by molar-refractivity contribution is -0.133.